The highest BCUT2D eigenvalue weighted by atomic mass is 79.9. The summed E-state index contributed by atoms with van der Waals surface area (Å²) in [6.45, 7) is 5.37. The van der Waals surface area contributed by atoms with Crippen molar-refractivity contribution in [3.63, 3.8) is 0 Å². The number of Topliss-reactive ketones (excluding diaryl/α,β-unsaturated/α-hetero) is 1. The number of halogens is 1. The number of aromatic nitrogens is 2. The second-order valence-corrected chi connectivity index (χ2v) is 5.07. The number of hydrogen-bond donors (Lipinski definition) is 0. The first-order chi connectivity index (χ1) is 8.49. The van der Waals surface area contributed by atoms with Gasteiger partial charge in [-0.05, 0) is 32.4 Å². The molecule has 1 aromatic heterocycles. The van der Waals surface area contributed by atoms with Crippen LogP contribution in [-0.4, -0.2) is 15.8 Å². The minimum atomic E-state index is -0.0101. The highest BCUT2D eigenvalue weighted by Gasteiger charge is 2.09. The van der Waals surface area contributed by atoms with Crippen LogP contribution in [0.1, 0.15) is 28.5 Å². The largest absolute Gasteiger partial charge is 0.294 e. The van der Waals surface area contributed by atoms with Crippen LogP contribution < -0.4 is 0 Å². The van der Waals surface area contributed by atoms with Crippen LogP contribution in [0.25, 0.3) is 11.4 Å². The Balaban J connectivity index is 2.48. The summed E-state index contributed by atoms with van der Waals surface area (Å²) in [5.74, 6) is 0.627. The first kappa shape index (κ1) is 12.9. The van der Waals surface area contributed by atoms with Gasteiger partial charge in [0.05, 0.1) is 11.3 Å². The lowest BCUT2D eigenvalue weighted by molar-refractivity contribution is 0.101. The number of benzene rings is 1. The fraction of sp³-hybridized carbons (Fsp3) is 0.214. The van der Waals surface area contributed by atoms with Crippen LogP contribution in [0.4, 0.5) is 0 Å². The summed E-state index contributed by atoms with van der Waals surface area (Å²) >= 11 is 3.49. The number of aryl methyl sites for hydroxylation is 2. The molecule has 0 atom stereocenters. The number of nitrogens with zero attached hydrogens (tertiary/aromatic N) is 2. The maximum atomic E-state index is 11.3. The molecule has 0 spiro atoms. The normalized spacial score (nSPS) is 10.4. The van der Waals surface area contributed by atoms with Crippen molar-refractivity contribution in [1.82, 2.24) is 9.97 Å². The van der Waals surface area contributed by atoms with Gasteiger partial charge >= 0.3 is 0 Å². The van der Waals surface area contributed by atoms with Gasteiger partial charge in [0.25, 0.3) is 0 Å². The molecule has 0 aliphatic heterocycles. The summed E-state index contributed by atoms with van der Waals surface area (Å²) in [5, 5.41) is 0. The lowest BCUT2D eigenvalue weighted by Crippen LogP contribution is -2.02. The van der Waals surface area contributed by atoms with Crippen LogP contribution in [0.15, 0.2) is 28.9 Å². The predicted octanol–water partition coefficient (Wildman–Crippen LogP) is 3.73. The Morgan fingerprint density at radius 2 is 2.00 bits per heavy atom. The third-order valence-corrected chi connectivity index (χ3v) is 3.64. The Kier molecular flexibility index (Phi) is 3.57. The molecular formula is C14H13BrN2O. The quantitative estimate of drug-likeness (QED) is 0.794. The Bertz CT molecular complexity index is 623. The van der Waals surface area contributed by atoms with Crippen LogP contribution >= 0.6 is 15.9 Å². The molecule has 0 aliphatic carbocycles. The molecule has 0 saturated heterocycles. The number of rotatable bonds is 2. The Hall–Kier alpha value is -1.55. The Morgan fingerprint density at radius 1 is 1.28 bits per heavy atom. The van der Waals surface area contributed by atoms with E-state index < -0.39 is 0 Å². The molecule has 0 bridgehead atoms. The Labute approximate surface area is 114 Å². The third kappa shape index (κ3) is 2.48. The average Bonchev–Trinajstić information content (AvgIpc) is 2.32. The smallest absolute Gasteiger partial charge is 0.163 e. The number of hydrogen-bond acceptors (Lipinski definition) is 3. The molecule has 4 heteroatoms. The zero-order valence-electron chi connectivity index (χ0n) is 10.5. The molecule has 0 N–H and O–H groups in total. The molecule has 0 unspecified atom stereocenters. The summed E-state index contributed by atoms with van der Waals surface area (Å²) < 4.78 is 1.02. The summed E-state index contributed by atoms with van der Waals surface area (Å²) in [6, 6.07) is 5.97. The fourth-order valence-corrected chi connectivity index (χ4v) is 2.06. The lowest BCUT2D eigenvalue weighted by atomic mass is 10.1. The molecule has 0 radical (unpaired) electrons. The molecule has 1 heterocycles. The molecule has 0 saturated carbocycles. The fourth-order valence-electron chi connectivity index (χ4n) is 1.68. The topological polar surface area (TPSA) is 42.9 Å². The van der Waals surface area contributed by atoms with E-state index in [1.165, 1.54) is 6.92 Å². The zero-order valence-corrected chi connectivity index (χ0v) is 12.1. The maximum Gasteiger partial charge on any atom is 0.163 e. The van der Waals surface area contributed by atoms with Gasteiger partial charge in [-0.25, -0.2) is 9.97 Å². The van der Waals surface area contributed by atoms with Gasteiger partial charge in [0, 0.05) is 16.2 Å². The highest BCUT2D eigenvalue weighted by Crippen LogP contribution is 2.23. The minimum absolute atomic E-state index is 0.0101. The Morgan fingerprint density at radius 3 is 2.56 bits per heavy atom. The maximum absolute atomic E-state index is 11.3. The number of carbonyl (C=O) groups excluding carboxylic acids is 1. The second kappa shape index (κ2) is 4.98. The molecule has 18 heavy (non-hydrogen) atoms. The summed E-state index contributed by atoms with van der Waals surface area (Å²) in [5.41, 5.74) is 3.38. The average molecular weight is 305 g/mol. The summed E-state index contributed by atoms with van der Waals surface area (Å²) in [6.07, 6.45) is 1.59. The van der Waals surface area contributed by atoms with Crippen LogP contribution in [-0.2, 0) is 0 Å². The minimum Gasteiger partial charge on any atom is -0.294 e. The van der Waals surface area contributed by atoms with Crippen molar-refractivity contribution >= 4 is 21.7 Å². The molecule has 0 fully saturated rings. The standard InChI is InChI=1S/C14H13BrN2O/c1-8-4-5-11(6-13(8)15)14-16-7-12(10(3)18)9(2)17-14/h4-7H,1-3H3. The first-order valence-electron chi connectivity index (χ1n) is 5.60. The predicted molar refractivity (Wildman–Crippen MR) is 74.6 cm³/mol. The van der Waals surface area contributed by atoms with E-state index in [1.807, 2.05) is 32.0 Å². The molecule has 0 aliphatic rings. The molecular weight excluding hydrogens is 292 g/mol. The van der Waals surface area contributed by atoms with E-state index in [4.69, 9.17) is 0 Å². The van der Waals surface area contributed by atoms with Crippen molar-refractivity contribution in [2.24, 2.45) is 0 Å². The SMILES string of the molecule is CC(=O)c1cnc(-c2ccc(C)c(Br)c2)nc1C. The van der Waals surface area contributed by atoms with Gasteiger partial charge in [0.15, 0.2) is 11.6 Å². The van der Waals surface area contributed by atoms with Gasteiger partial charge in [-0.1, -0.05) is 28.1 Å². The van der Waals surface area contributed by atoms with Gasteiger partial charge in [0.1, 0.15) is 0 Å². The van der Waals surface area contributed by atoms with Crippen LogP contribution in [0, 0.1) is 13.8 Å². The van der Waals surface area contributed by atoms with E-state index in [2.05, 4.69) is 25.9 Å². The van der Waals surface area contributed by atoms with Crippen LogP contribution in [0.5, 0.6) is 0 Å². The van der Waals surface area contributed by atoms with Gasteiger partial charge < -0.3 is 0 Å². The van der Waals surface area contributed by atoms with E-state index in [-0.39, 0.29) is 5.78 Å². The third-order valence-electron chi connectivity index (χ3n) is 2.79. The van der Waals surface area contributed by atoms with Crippen molar-refractivity contribution in [3.05, 3.63) is 45.7 Å². The molecule has 92 valence electrons. The lowest BCUT2D eigenvalue weighted by Gasteiger charge is -2.06. The first-order valence-corrected chi connectivity index (χ1v) is 6.39. The van der Waals surface area contributed by atoms with Gasteiger partial charge in [-0.15, -0.1) is 0 Å². The zero-order chi connectivity index (χ0) is 13.3. The van der Waals surface area contributed by atoms with Crippen molar-refractivity contribution in [3.8, 4) is 11.4 Å². The molecule has 2 rings (SSSR count). The van der Waals surface area contributed by atoms with Crippen LogP contribution in [0.3, 0.4) is 0 Å². The van der Waals surface area contributed by atoms with Gasteiger partial charge in [-0.2, -0.15) is 0 Å². The van der Waals surface area contributed by atoms with E-state index in [9.17, 15) is 4.79 Å². The van der Waals surface area contributed by atoms with Gasteiger partial charge in [0.2, 0.25) is 0 Å². The molecule has 2 aromatic rings. The molecule has 3 nitrogen and oxygen atoms in total. The molecule has 0 amide bonds. The van der Waals surface area contributed by atoms with Crippen LogP contribution in [0.2, 0.25) is 0 Å². The summed E-state index contributed by atoms with van der Waals surface area (Å²) in [7, 11) is 0. The second-order valence-electron chi connectivity index (χ2n) is 4.21. The van der Waals surface area contributed by atoms with Gasteiger partial charge in [-0.3, -0.25) is 4.79 Å². The number of ketones is 1. The summed E-state index contributed by atoms with van der Waals surface area (Å²) in [4.78, 5) is 20.0. The van der Waals surface area contributed by atoms with Crippen molar-refractivity contribution in [2.75, 3.05) is 0 Å². The van der Waals surface area contributed by atoms with Crippen molar-refractivity contribution < 1.29 is 4.79 Å². The van der Waals surface area contributed by atoms with E-state index >= 15 is 0 Å². The van der Waals surface area contributed by atoms with E-state index in [0.29, 0.717) is 17.1 Å². The molecule has 1 aromatic carbocycles. The number of carbonyl (C=O) groups is 1. The van der Waals surface area contributed by atoms with E-state index in [1.54, 1.807) is 6.20 Å². The van der Waals surface area contributed by atoms with Crippen molar-refractivity contribution in [1.29, 1.82) is 0 Å². The highest BCUT2D eigenvalue weighted by molar-refractivity contribution is 9.10. The van der Waals surface area contributed by atoms with E-state index in [0.717, 1.165) is 15.6 Å². The monoisotopic (exact) mass is 304 g/mol. The van der Waals surface area contributed by atoms with Crippen molar-refractivity contribution in [2.45, 2.75) is 20.8 Å².